The number of hydrogen-bond acceptors (Lipinski definition) is 11. The Morgan fingerprint density at radius 2 is 2.11 bits per heavy atom. The third-order valence-electron chi connectivity index (χ3n) is 6.29. The molecule has 0 aromatic carbocycles. The number of anilines is 1. The molecular weight excluding hydrogens is 527 g/mol. The number of fused-ring (bicyclic) bond motifs is 2. The third-order valence-corrected chi connectivity index (χ3v) is 8.33. The van der Waals surface area contributed by atoms with E-state index in [4.69, 9.17) is 40.6 Å². The Kier molecular flexibility index (Phi) is 8.04. The number of halogens is 1. The average Bonchev–Trinajstić information content (AvgIpc) is 3.34. The number of imidazole rings is 1. The van der Waals surface area contributed by atoms with E-state index in [0.29, 0.717) is 17.8 Å². The van der Waals surface area contributed by atoms with Crippen LogP contribution in [0.5, 0.6) is 5.88 Å². The molecule has 2 aliphatic heterocycles. The molecule has 0 spiro atoms. The minimum Gasteiger partial charge on any atom is -0.476 e. The van der Waals surface area contributed by atoms with Gasteiger partial charge in [-0.15, -0.1) is 11.6 Å². The number of nitrogens with zero attached hydrogens (tertiary/aromatic N) is 4. The molecule has 37 heavy (non-hydrogen) atoms. The molecule has 2 aromatic heterocycles. The lowest BCUT2D eigenvalue weighted by molar-refractivity contribution is -0.148. The van der Waals surface area contributed by atoms with Gasteiger partial charge in [-0.1, -0.05) is 27.7 Å². The SMILES string of the molecule is CCOc1nc(N)nc2c1ncn2[C@@H]1O[C@@H]2CO[P@@](=O)(N[C@H](COC(=O)C(C)C)C(C)C)O[C@H]2[C@@]1(C)Cl. The average molecular weight is 561 g/mol. The summed E-state index contributed by atoms with van der Waals surface area (Å²) >= 11 is 7.03. The van der Waals surface area contributed by atoms with Crippen LogP contribution in [0.4, 0.5) is 5.95 Å². The Labute approximate surface area is 220 Å². The molecule has 2 aromatic rings. The molecule has 3 N–H and O–H groups in total. The van der Waals surface area contributed by atoms with Crippen molar-refractivity contribution in [2.24, 2.45) is 11.8 Å². The molecule has 6 atom stereocenters. The molecule has 2 aliphatic rings. The van der Waals surface area contributed by atoms with Crippen LogP contribution in [0.2, 0.25) is 0 Å². The molecule has 206 valence electrons. The Morgan fingerprint density at radius 3 is 2.76 bits per heavy atom. The van der Waals surface area contributed by atoms with Gasteiger partial charge in [-0.25, -0.2) is 14.6 Å². The number of alkyl halides is 1. The zero-order valence-electron chi connectivity index (χ0n) is 21.7. The molecule has 13 nitrogen and oxygen atoms in total. The van der Waals surface area contributed by atoms with E-state index in [1.54, 1.807) is 25.3 Å². The molecule has 0 amide bonds. The van der Waals surface area contributed by atoms with E-state index in [0.717, 1.165) is 0 Å². The number of ether oxygens (including phenoxy) is 3. The van der Waals surface area contributed by atoms with Crippen molar-refractivity contribution < 1.29 is 32.6 Å². The summed E-state index contributed by atoms with van der Waals surface area (Å²) < 4.78 is 44.0. The maximum Gasteiger partial charge on any atom is 0.406 e. The van der Waals surface area contributed by atoms with Crippen LogP contribution in [0, 0.1) is 11.8 Å². The van der Waals surface area contributed by atoms with Crippen molar-refractivity contribution in [1.82, 2.24) is 24.6 Å². The van der Waals surface area contributed by atoms with Crippen molar-refractivity contribution in [3.05, 3.63) is 6.33 Å². The summed E-state index contributed by atoms with van der Waals surface area (Å²) in [5, 5.41) is 2.93. The van der Waals surface area contributed by atoms with Crippen molar-refractivity contribution in [3.8, 4) is 5.88 Å². The number of rotatable bonds is 9. The van der Waals surface area contributed by atoms with Gasteiger partial charge in [0.2, 0.25) is 11.8 Å². The lowest BCUT2D eigenvalue weighted by atomic mass is 10.0. The molecule has 15 heteroatoms. The Balaban J connectivity index is 1.55. The summed E-state index contributed by atoms with van der Waals surface area (Å²) in [4.78, 5) is 23.6. The summed E-state index contributed by atoms with van der Waals surface area (Å²) in [6, 6.07) is -0.473. The number of nitrogens with one attached hydrogen (secondary N) is 1. The summed E-state index contributed by atoms with van der Waals surface area (Å²) in [5.74, 6) is -0.397. The predicted octanol–water partition coefficient (Wildman–Crippen LogP) is 3.04. The highest BCUT2D eigenvalue weighted by Gasteiger charge is 2.60. The first-order valence-electron chi connectivity index (χ1n) is 12.2. The van der Waals surface area contributed by atoms with Gasteiger partial charge >= 0.3 is 13.7 Å². The number of esters is 1. The monoisotopic (exact) mass is 560 g/mol. The Hall–Kier alpha value is -2.02. The van der Waals surface area contributed by atoms with Crippen molar-refractivity contribution in [1.29, 1.82) is 0 Å². The van der Waals surface area contributed by atoms with Gasteiger partial charge in [-0.05, 0) is 19.8 Å². The zero-order valence-corrected chi connectivity index (χ0v) is 23.4. The van der Waals surface area contributed by atoms with Crippen LogP contribution < -0.4 is 15.6 Å². The van der Waals surface area contributed by atoms with Crippen LogP contribution in [0.15, 0.2) is 6.33 Å². The van der Waals surface area contributed by atoms with Gasteiger partial charge in [0.1, 0.15) is 23.7 Å². The second-order valence-electron chi connectivity index (χ2n) is 9.91. The molecule has 0 radical (unpaired) electrons. The smallest absolute Gasteiger partial charge is 0.406 e. The highest BCUT2D eigenvalue weighted by Crippen LogP contribution is 2.58. The largest absolute Gasteiger partial charge is 0.476 e. The quantitative estimate of drug-likeness (QED) is 0.262. The van der Waals surface area contributed by atoms with Gasteiger partial charge in [-0.2, -0.15) is 9.97 Å². The Bertz CT molecular complexity index is 1190. The number of nitrogen functional groups attached to an aromatic ring is 1. The van der Waals surface area contributed by atoms with Crippen LogP contribution in [-0.2, 0) is 27.9 Å². The second-order valence-corrected chi connectivity index (χ2v) is 12.4. The zero-order chi connectivity index (χ0) is 27.1. The van der Waals surface area contributed by atoms with E-state index in [1.807, 2.05) is 20.8 Å². The molecule has 0 aliphatic carbocycles. The predicted molar refractivity (Wildman–Crippen MR) is 135 cm³/mol. The van der Waals surface area contributed by atoms with E-state index in [-0.39, 0.29) is 42.8 Å². The normalized spacial score (nSPS) is 30.6. The fourth-order valence-corrected chi connectivity index (χ4v) is 6.54. The van der Waals surface area contributed by atoms with Gasteiger partial charge < -0.3 is 19.9 Å². The van der Waals surface area contributed by atoms with E-state index in [9.17, 15) is 9.36 Å². The van der Waals surface area contributed by atoms with Gasteiger partial charge in [0.25, 0.3) is 0 Å². The third kappa shape index (κ3) is 5.57. The first-order chi connectivity index (χ1) is 17.4. The van der Waals surface area contributed by atoms with Crippen LogP contribution in [-0.4, -0.2) is 68.4 Å². The number of nitrogens with two attached hydrogens (primary N) is 1. The number of carbonyl (C=O) groups is 1. The molecule has 2 fully saturated rings. The summed E-state index contributed by atoms with van der Waals surface area (Å²) in [7, 11) is -3.83. The molecular formula is C22H34ClN6O7P. The molecule has 4 heterocycles. The highest BCUT2D eigenvalue weighted by molar-refractivity contribution is 7.51. The topological polar surface area (TPSA) is 162 Å². The maximum atomic E-state index is 13.6. The highest BCUT2D eigenvalue weighted by atomic mass is 35.5. The van der Waals surface area contributed by atoms with Gasteiger partial charge in [-0.3, -0.25) is 18.4 Å². The van der Waals surface area contributed by atoms with Crippen molar-refractivity contribution >= 4 is 42.4 Å². The van der Waals surface area contributed by atoms with Crippen LogP contribution >= 0.6 is 19.3 Å². The van der Waals surface area contributed by atoms with Crippen LogP contribution in [0.3, 0.4) is 0 Å². The van der Waals surface area contributed by atoms with Crippen molar-refractivity contribution in [2.45, 2.75) is 70.9 Å². The molecule has 0 saturated carbocycles. The van der Waals surface area contributed by atoms with E-state index in [2.05, 4.69) is 20.0 Å². The first kappa shape index (κ1) is 28.0. The Morgan fingerprint density at radius 1 is 1.38 bits per heavy atom. The van der Waals surface area contributed by atoms with Crippen molar-refractivity contribution in [3.63, 3.8) is 0 Å². The molecule has 0 unspecified atom stereocenters. The molecule has 2 saturated heterocycles. The summed E-state index contributed by atoms with van der Waals surface area (Å²) in [6.07, 6.45) is -0.711. The number of carbonyl (C=O) groups excluding carboxylic acids is 1. The standard InChI is InChI=1S/C22H34ClN6O7P/c1-7-32-18-15-17(26-21(24)27-18)29(10-25-15)20-22(6,23)16-14(35-20)9-34-37(31,36-16)28-13(11(2)3)8-33-19(30)12(4)5/h10-14,16,20H,7-9H2,1-6H3,(H,28,31)(H2,24,26,27)/t13-,14-,16-,20-,22-,37+/m1/s1. The lowest BCUT2D eigenvalue weighted by Gasteiger charge is -2.37. The molecule has 4 rings (SSSR count). The van der Waals surface area contributed by atoms with Gasteiger partial charge in [0.15, 0.2) is 17.4 Å². The molecule has 0 bridgehead atoms. The minimum atomic E-state index is -3.83. The van der Waals surface area contributed by atoms with Crippen LogP contribution in [0.1, 0.15) is 47.8 Å². The fourth-order valence-electron chi connectivity index (χ4n) is 4.16. The lowest BCUT2D eigenvalue weighted by Crippen LogP contribution is -2.47. The summed E-state index contributed by atoms with van der Waals surface area (Å²) in [5.41, 5.74) is 6.67. The van der Waals surface area contributed by atoms with Gasteiger partial charge in [0.05, 0.1) is 31.5 Å². The van der Waals surface area contributed by atoms with Gasteiger partial charge in [0, 0.05) is 0 Å². The minimum absolute atomic E-state index is 0.00979. The number of aromatic nitrogens is 4. The fraction of sp³-hybridized carbons (Fsp3) is 0.727. The maximum absolute atomic E-state index is 13.6. The van der Waals surface area contributed by atoms with Crippen molar-refractivity contribution in [2.75, 3.05) is 25.6 Å². The second kappa shape index (κ2) is 10.6. The summed E-state index contributed by atoms with van der Waals surface area (Å²) in [6.45, 7) is 11.2. The van der Waals surface area contributed by atoms with E-state index in [1.165, 1.54) is 6.33 Å². The number of hydrogen-bond donors (Lipinski definition) is 2. The van der Waals surface area contributed by atoms with E-state index >= 15 is 0 Å². The van der Waals surface area contributed by atoms with E-state index < -0.39 is 37.1 Å². The first-order valence-corrected chi connectivity index (χ1v) is 14.1. The van der Waals surface area contributed by atoms with Crippen LogP contribution in [0.25, 0.3) is 11.2 Å².